The van der Waals surface area contributed by atoms with Crippen LogP contribution in [0.15, 0.2) is 9.03 Å². The highest BCUT2D eigenvalue weighted by Crippen LogP contribution is 2.63. The molecule has 1 N–H and O–H groups in total. The molecule has 0 spiro atoms. The Morgan fingerprint density at radius 3 is 1.91 bits per heavy atom. The van der Waals surface area contributed by atoms with Crippen LogP contribution < -0.4 is 0 Å². The average Bonchev–Trinajstić information content (AvgIpc) is 1.53. The Kier molecular flexibility index (Phi) is 4.22. The Hall–Kier alpha value is 0.0800. The molecule has 0 aliphatic heterocycles. The Labute approximate surface area is 60.5 Å². The highest BCUT2D eigenvalue weighted by Gasteiger charge is 2.32. The van der Waals surface area contributed by atoms with E-state index in [-0.39, 0.29) is 0 Å². The normalized spacial score (nSPS) is 12.3. The molecule has 0 amide bonds. The molecule has 0 aliphatic carbocycles. The SMILES string of the molecule is N=[P+](F)N=P(F)(F)N=[P+](F)F. The molecule has 0 rings (SSSR count). The number of rotatable bonds is 2. The van der Waals surface area contributed by atoms with E-state index < -0.39 is 24.3 Å². The lowest BCUT2D eigenvalue weighted by Crippen LogP contribution is -1.48. The smallest absolute Gasteiger partial charge is 0.145 e. The van der Waals surface area contributed by atoms with Gasteiger partial charge in [-0.15, -0.1) is 8.39 Å². The maximum Gasteiger partial charge on any atom is 0.668 e. The van der Waals surface area contributed by atoms with Crippen molar-refractivity contribution < 1.29 is 21.0 Å². The number of hydrogen-bond acceptors (Lipinski definition) is 1. The summed E-state index contributed by atoms with van der Waals surface area (Å²) < 4.78 is 61.1. The summed E-state index contributed by atoms with van der Waals surface area (Å²) in [5, 5.41) is 5.96. The van der Waals surface area contributed by atoms with Gasteiger partial charge in [-0.05, 0) is 0 Å². The van der Waals surface area contributed by atoms with Gasteiger partial charge < -0.3 is 0 Å². The molecule has 11 heteroatoms. The lowest BCUT2D eigenvalue weighted by Gasteiger charge is -1.79. The number of nitrogens with one attached hydrogen (secondary N) is 1. The summed E-state index contributed by atoms with van der Waals surface area (Å²) in [6.07, 6.45) is 0. The Balaban J connectivity index is 4.73. The molecule has 64 valence electrons. The highest BCUT2D eigenvalue weighted by molar-refractivity contribution is 7.64. The summed E-state index contributed by atoms with van der Waals surface area (Å²) in [6.45, 7) is 0. The Morgan fingerprint density at radius 2 is 1.64 bits per heavy atom. The topological polar surface area (TPSA) is 48.6 Å². The zero-order valence-electron chi connectivity index (χ0n) is 4.63. The van der Waals surface area contributed by atoms with Gasteiger partial charge in [-0.2, -0.15) is 0 Å². The molecule has 0 aromatic carbocycles. The molecule has 0 saturated heterocycles. The van der Waals surface area contributed by atoms with Gasteiger partial charge in [0, 0.05) is 0 Å². The fraction of sp³-hybridized carbons (Fsp3) is 0. The van der Waals surface area contributed by atoms with Crippen LogP contribution in [0.1, 0.15) is 0 Å². The second-order valence-electron chi connectivity index (χ2n) is 1.11. The standard InChI is InChI=1S/F5HN3P3/c1-9(2)7-11(4,5)8-10(3)6/h6H/q+2. The second-order valence-corrected chi connectivity index (χ2v) is 4.40. The quantitative estimate of drug-likeness (QED) is 0.491. The molecule has 0 radical (unpaired) electrons. The molecule has 0 bridgehead atoms. The van der Waals surface area contributed by atoms with Crippen LogP contribution in [0.25, 0.3) is 0 Å². The fourth-order valence-electron chi connectivity index (χ4n) is 0.194. The van der Waals surface area contributed by atoms with E-state index in [1.807, 2.05) is 4.52 Å². The van der Waals surface area contributed by atoms with E-state index in [1.165, 1.54) is 0 Å². The van der Waals surface area contributed by atoms with E-state index in [0.29, 0.717) is 0 Å². The van der Waals surface area contributed by atoms with Gasteiger partial charge in [0.05, 0.1) is 21.6 Å². The predicted molar refractivity (Wildman–Crippen MR) is 33.9 cm³/mol. The van der Waals surface area contributed by atoms with Gasteiger partial charge in [0.2, 0.25) is 0 Å². The molecule has 0 saturated carbocycles. The zero-order chi connectivity index (χ0) is 9.07. The molecule has 0 aliphatic rings. The minimum atomic E-state index is -5.56. The van der Waals surface area contributed by atoms with Crippen molar-refractivity contribution in [2.45, 2.75) is 0 Å². The Bertz CT molecular complexity index is 233. The fourth-order valence-corrected chi connectivity index (χ4v) is 2.07. The first-order valence-corrected chi connectivity index (χ1v) is 5.61. The first-order chi connectivity index (χ1) is 4.83. The maximum atomic E-state index is 11.9. The maximum absolute atomic E-state index is 11.9. The second kappa shape index (κ2) is 4.19. The van der Waals surface area contributed by atoms with Gasteiger partial charge in [0.25, 0.3) is 0 Å². The van der Waals surface area contributed by atoms with E-state index >= 15 is 0 Å². The minimum absolute atomic E-state index is 1.65. The lowest BCUT2D eigenvalue weighted by atomic mass is 13.9. The van der Waals surface area contributed by atoms with E-state index in [1.54, 1.807) is 4.52 Å². The van der Waals surface area contributed by atoms with E-state index in [9.17, 15) is 21.0 Å². The summed E-state index contributed by atoms with van der Waals surface area (Å²) in [6, 6.07) is 0. The number of nitrogens with zero attached hydrogens (tertiary/aromatic N) is 2. The third-order valence-electron chi connectivity index (χ3n) is 0.361. The van der Waals surface area contributed by atoms with Crippen LogP contribution in [0, 0.1) is 5.16 Å². The summed E-state index contributed by atoms with van der Waals surface area (Å²) in [7, 11) is -13.1. The van der Waals surface area contributed by atoms with Crippen molar-refractivity contribution in [3.63, 3.8) is 0 Å². The van der Waals surface area contributed by atoms with Gasteiger partial charge in [-0.1, -0.05) is 5.16 Å². The van der Waals surface area contributed by atoms with Gasteiger partial charge in [-0.25, -0.2) is 0 Å². The molecule has 3 nitrogen and oxygen atoms in total. The van der Waals surface area contributed by atoms with Gasteiger partial charge in [0.1, 0.15) is 0 Å². The molecule has 0 aromatic rings. The molecule has 0 heterocycles. The minimum Gasteiger partial charge on any atom is -0.145 e. The lowest BCUT2D eigenvalue weighted by molar-refractivity contribution is 0.716. The summed E-state index contributed by atoms with van der Waals surface area (Å²) >= 11 is 0. The van der Waals surface area contributed by atoms with Crippen LogP contribution in [0.2, 0.25) is 0 Å². The van der Waals surface area contributed by atoms with Gasteiger partial charge in [0.15, 0.2) is 0 Å². The molecule has 0 aromatic heterocycles. The monoisotopic (exact) mass is 231 g/mol. The molecular formula is HF5N3P3+2. The van der Waals surface area contributed by atoms with Crippen LogP contribution >= 0.6 is 24.3 Å². The first-order valence-electron chi connectivity index (χ1n) is 1.87. The summed E-state index contributed by atoms with van der Waals surface area (Å²) in [5.74, 6) is 0. The van der Waals surface area contributed by atoms with Crippen molar-refractivity contribution in [1.82, 2.24) is 0 Å². The number of hydrogen-bond donors (Lipinski definition) is 1. The third kappa shape index (κ3) is 6.48. The first kappa shape index (κ1) is 11.1. The molecule has 1 atom stereocenters. The Morgan fingerprint density at radius 1 is 1.18 bits per heavy atom. The highest BCUT2D eigenvalue weighted by atomic mass is 31.3. The third-order valence-corrected chi connectivity index (χ3v) is 3.25. The molecule has 11 heavy (non-hydrogen) atoms. The van der Waals surface area contributed by atoms with Crippen LogP contribution in [0.5, 0.6) is 0 Å². The van der Waals surface area contributed by atoms with Crippen LogP contribution in [-0.2, 0) is 0 Å². The molecular weight excluding hydrogens is 230 g/mol. The predicted octanol–water partition coefficient (Wildman–Crippen LogP) is 5.35. The van der Waals surface area contributed by atoms with E-state index in [0.717, 1.165) is 0 Å². The van der Waals surface area contributed by atoms with E-state index in [4.69, 9.17) is 5.16 Å². The van der Waals surface area contributed by atoms with Crippen molar-refractivity contribution in [3.8, 4) is 0 Å². The number of halogens is 5. The molecule has 1 unspecified atom stereocenters. The summed E-state index contributed by atoms with van der Waals surface area (Å²) in [4.78, 5) is 0. The van der Waals surface area contributed by atoms with Gasteiger partial charge in [-0.3, -0.25) is 0 Å². The van der Waals surface area contributed by atoms with Crippen molar-refractivity contribution in [2.75, 3.05) is 0 Å². The van der Waals surface area contributed by atoms with Crippen LogP contribution in [0.4, 0.5) is 21.0 Å². The largest absolute Gasteiger partial charge is 0.668 e. The molecule has 0 fully saturated rings. The van der Waals surface area contributed by atoms with Crippen molar-refractivity contribution in [2.24, 2.45) is 9.03 Å². The van der Waals surface area contributed by atoms with Gasteiger partial charge >= 0.3 is 24.3 Å². The van der Waals surface area contributed by atoms with Crippen molar-refractivity contribution in [3.05, 3.63) is 0 Å². The summed E-state index contributed by atoms with van der Waals surface area (Å²) in [5.41, 5.74) is 0. The van der Waals surface area contributed by atoms with Crippen LogP contribution in [-0.4, -0.2) is 0 Å². The average molecular weight is 231 g/mol. The van der Waals surface area contributed by atoms with Crippen molar-refractivity contribution in [1.29, 1.82) is 5.16 Å². The van der Waals surface area contributed by atoms with Crippen molar-refractivity contribution >= 4 is 24.3 Å². The van der Waals surface area contributed by atoms with Crippen LogP contribution in [0.3, 0.4) is 0 Å². The zero-order valence-corrected chi connectivity index (χ0v) is 7.31. The van der Waals surface area contributed by atoms with E-state index in [2.05, 4.69) is 0 Å².